The Bertz CT molecular complexity index is 385. The molecule has 21 heavy (non-hydrogen) atoms. The lowest BCUT2D eigenvalue weighted by Gasteiger charge is -2.17. The normalized spacial score (nSPS) is 10.7. The van der Waals surface area contributed by atoms with Gasteiger partial charge in [0.25, 0.3) is 0 Å². The Kier molecular flexibility index (Phi) is 8.96. The first kappa shape index (κ1) is 17.9. The van der Waals surface area contributed by atoms with E-state index in [0.717, 1.165) is 6.54 Å². The summed E-state index contributed by atoms with van der Waals surface area (Å²) in [6.07, 6.45) is 11.0. The van der Waals surface area contributed by atoms with Crippen LogP contribution in [0.3, 0.4) is 0 Å². The first-order valence-electron chi connectivity index (χ1n) is 8.67. The number of unbranched alkanes of at least 4 members (excludes halogenated alkanes) is 7. The molecular weight excluding hydrogens is 256 g/mol. The number of nitrogens with one attached hydrogen (secondary N) is 1. The molecule has 0 saturated carbocycles. The van der Waals surface area contributed by atoms with Crippen LogP contribution in [0.1, 0.15) is 63.9 Å². The van der Waals surface area contributed by atoms with Crippen LogP contribution in [0, 0.1) is 6.92 Å². The maximum absolute atomic E-state index is 3.55. The molecule has 0 radical (unpaired) electrons. The fourth-order valence-corrected chi connectivity index (χ4v) is 2.69. The molecule has 0 saturated heterocycles. The molecule has 0 heterocycles. The summed E-state index contributed by atoms with van der Waals surface area (Å²) >= 11 is 0. The Labute approximate surface area is 131 Å². The standard InChI is InChI=1S/C19H34N2/c1-5-6-7-8-9-10-11-12-15-20-18-14-13-17(2)19(16-18)21(3)4/h13-14,16,20H,5-12,15H2,1-4H3. The van der Waals surface area contributed by atoms with Crippen molar-refractivity contribution in [1.29, 1.82) is 0 Å². The monoisotopic (exact) mass is 290 g/mol. The van der Waals surface area contributed by atoms with Crippen LogP contribution < -0.4 is 10.2 Å². The first-order valence-corrected chi connectivity index (χ1v) is 8.67. The maximum atomic E-state index is 3.55. The quantitative estimate of drug-likeness (QED) is 0.533. The van der Waals surface area contributed by atoms with Gasteiger partial charge in [0.2, 0.25) is 0 Å². The summed E-state index contributed by atoms with van der Waals surface area (Å²) in [7, 11) is 4.20. The summed E-state index contributed by atoms with van der Waals surface area (Å²) in [6.45, 7) is 5.53. The summed E-state index contributed by atoms with van der Waals surface area (Å²) in [5.74, 6) is 0. The van der Waals surface area contributed by atoms with Gasteiger partial charge in [0, 0.05) is 32.0 Å². The fourth-order valence-electron chi connectivity index (χ4n) is 2.69. The second-order valence-electron chi connectivity index (χ2n) is 6.30. The van der Waals surface area contributed by atoms with Gasteiger partial charge in [0.05, 0.1) is 0 Å². The van der Waals surface area contributed by atoms with Crippen molar-refractivity contribution in [2.45, 2.75) is 65.2 Å². The Morgan fingerprint density at radius 1 is 0.905 bits per heavy atom. The number of nitrogens with zero attached hydrogens (tertiary/aromatic N) is 1. The van der Waals surface area contributed by atoms with Crippen molar-refractivity contribution in [1.82, 2.24) is 0 Å². The van der Waals surface area contributed by atoms with E-state index in [0.29, 0.717) is 0 Å². The van der Waals surface area contributed by atoms with Crippen LogP contribution in [-0.4, -0.2) is 20.6 Å². The van der Waals surface area contributed by atoms with Gasteiger partial charge in [-0.2, -0.15) is 0 Å². The van der Waals surface area contributed by atoms with Crippen molar-refractivity contribution in [3.05, 3.63) is 23.8 Å². The van der Waals surface area contributed by atoms with Crippen molar-refractivity contribution in [3.8, 4) is 0 Å². The van der Waals surface area contributed by atoms with Crippen LogP contribution in [0.15, 0.2) is 18.2 Å². The second-order valence-corrected chi connectivity index (χ2v) is 6.30. The maximum Gasteiger partial charge on any atom is 0.0411 e. The van der Waals surface area contributed by atoms with Crippen LogP contribution in [0.4, 0.5) is 11.4 Å². The molecule has 0 aliphatic carbocycles. The number of hydrogen-bond acceptors (Lipinski definition) is 2. The predicted molar refractivity (Wildman–Crippen MR) is 96.6 cm³/mol. The third kappa shape index (κ3) is 7.40. The molecule has 0 aliphatic rings. The van der Waals surface area contributed by atoms with Crippen LogP contribution in [0.5, 0.6) is 0 Å². The second kappa shape index (κ2) is 10.5. The molecule has 0 aliphatic heterocycles. The molecule has 0 amide bonds. The van der Waals surface area contributed by atoms with Gasteiger partial charge in [-0.25, -0.2) is 0 Å². The van der Waals surface area contributed by atoms with E-state index in [1.807, 2.05) is 0 Å². The largest absolute Gasteiger partial charge is 0.385 e. The summed E-state index contributed by atoms with van der Waals surface area (Å²) < 4.78 is 0. The molecule has 0 bridgehead atoms. The highest BCUT2D eigenvalue weighted by Gasteiger charge is 2.01. The highest BCUT2D eigenvalue weighted by molar-refractivity contribution is 5.61. The third-order valence-electron chi connectivity index (χ3n) is 4.05. The average molecular weight is 290 g/mol. The zero-order valence-corrected chi connectivity index (χ0v) is 14.5. The molecule has 0 spiro atoms. The number of anilines is 2. The molecule has 0 aromatic heterocycles. The molecule has 0 fully saturated rings. The van der Waals surface area contributed by atoms with Gasteiger partial charge in [-0.15, -0.1) is 0 Å². The zero-order valence-electron chi connectivity index (χ0n) is 14.5. The Hall–Kier alpha value is -1.18. The topological polar surface area (TPSA) is 15.3 Å². The number of aryl methyl sites for hydroxylation is 1. The van der Waals surface area contributed by atoms with Crippen LogP contribution >= 0.6 is 0 Å². The summed E-state index contributed by atoms with van der Waals surface area (Å²) in [5.41, 5.74) is 3.88. The predicted octanol–water partition coefficient (Wildman–Crippen LogP) is 5.61. The third-order valence-corrected chi connectivity index (χ3v) is 4.05. The lowest BCUT2D eigenvalue weighted by molar-refractivity contribution is 0.581. The number of hydrogen-bond donors (Lipinski definition) is 1. The molecule has 1 aromatic carbocycles. The molecular formula is C19H34N2. The number of rotatable bonds is 11. The molecule has 120 valence electrons. The van der Waals surface area contributed by atoms with E-state index in [1.165, 1.54) is 68.3 Å². The van der Waals surface area contributed by atoms with Crippen molar-refractivity contribution in [2.24, 2.45) is 0 Å². The molecule has 1 rings (SSSR count). The van der Waals surface area contributed by atoms with E-state index < -0.39 is 0 Å². The van der Waals surface area contributed by atoms with E-state index in [4.69, 9.17) is 0 Å². The minimum atomic E-state index is 1.09. The Morgan fingerprint density at radius 2 is 1.52 bits per heavy atom. The minimum Gasteiger partial charge on any atom is -0.385 e. The Morgan fingerprint density at radius 3 is 2.14 bits per heavy atom. The van der Waals surface area contributed by atoms with Gasteiger partial charge in [-0.3, -0.25) is 0 Å². The van der Waals surface area contributed by atoms with Gasteiger partial charge in [-0.1, -0.05) is 57.9 Å². The van der Waals surface area contributed by atoms with Gasteiger partial charge in [-0.05, 0) is 31.0 Å². The summed E-state index contributed by atoms with van der Waals surface area (Å²) in [4.78, 5) is 2.18. The van der Waals surface area contributed by atoms with Crippen LogP contribution in [0.2, 0.25) is 0 Å². The summed E-state index contributed by atoms with van der Waals surface area (Å²) in [6, 6.07) is 6.64. The lowest BCUT2D eigenvalue weighted by Crippen LogP contribution is -2.11. The van der Waals surface area contributed by atoms with Crippen molar-refractivity contribution in [3.63, 3.8) is 0 Å². The van der Waals surface area contributed by atoms with E-state index in [1.54, 1.807) is 0 Å². The van der Waals surface area contributed by atoms with Crippen molar-refractivity contribution < 1.29 is 0 Å². The summed E-state index contributed by atoms with van der Waals surface area (Å²) in [5, 5.41) is 3.55. The SMILES string of the molecule is CCCCCCCCCCNc1ccc(C)c(N(C)C)c1. The molecule has 2 nitrogen and oxygen atoms in total. The van der Waals surface area contributed by atoms with Gasteiger partial charge >= 0.3 is 0 Å². The molecule has 0 atom stereocenters. The molecule has 0 unspecified atom stereocenters. The Balaban J connectivity index is 2.14. The van der Waals surface area contributed by atoms with E-state index in [-0.39, 0.29) is 0 Å². The highest BCUT2D eigenvalue weighted by atomic mass is 15.1. The van der Waals surface area contributed by atoms with Gasteiger partial charge in [0.15, 0.2) is 0 Å². The van der Waals surface area contributed by atoms with E-state index in [2.05, 4.69) is 56.4 Å². The molecule has 1 N–H and O–H groups in total. The zero-order chi connectivity index (χ0) is 15.5. The van der Waals surface area contributed by atoms with E-state index >= 15 is 0 Å². The highest BCUT2D eigenvalue weighted by Crippen LogP contribution is 2.22. The van der Waals surface area contributed by atoms with Crippen LogP contribution in [0.25, 0.3) is 0 Å². The first-order chi connectivity index (χ1) is 10.1. The van der Waals surface area contributed by atoms with Crippen molar-refractivity contribution in [2.75, 3.05) is 30.9 Å². The van der Waals surface area contributed by atoms with E-state index in [9.17, 15) is 0 Å². The van der Waals surface area contributed by atoms with Crippen LogP contribution in [-0.2, 0) is 0 Å². The number of benzene rings is 1. The van der Waals surface area contributed by atoms with Gasteiger partial charge in [0.1, 0.15) is 0 Å². The van der Waals surface area contributed by atoms with Gasteiger partial charge < -0.3 is 10.2 Å². The smallest absolute Gasteiger partial charge is 0.0411 e. The molecule has 1 aromatic rings. The molecule has 2 heteroatoms. The lowest BCUT2D eigenvalue weighted by atomic mass is 10.1. The van der Waals surface area contributed by atoms with Crippen molar-refractivity contribution >= 4 is 11.4 Å². The average Bonchev–Trinajstić information content (AvgIpc) is 2.47. The fraction of sp³-hybridized carbons (Fsp3) is 0.684. The minimum absolute atomic E-state index is 1.09.